The molecule has 0 aliphatic heterocycles. The third kappa shape index (κ3) is 2.68. The summed E-state index contributed by atoms with van der Waals surface area (Å²) in [5, 5.41) is 20.9. The molecule has 0 spiro atoms. The molecular weight excluding hydrogens is 272 g/mol. The molecule has 7 nitrogen and oxygen atoms in total. The molecule has 8 heteroatoms. The van der Waals surface area contributed by atoms with Gasteiger partial charge in [0, 0.05) is 23.1 Å². The monoisotopic (exact) mass is 280 g/mol. The van der Waals surface area contributed by atoms with Gasteiger partial charge in [0.15, 0.2) is 0 Å². The number of thiazole rings is 1. The highest BCUT2D eigenvalue weighted by atomic mass is 32.1. The van der Waals surface area contributed by atoms with E-state index in [9.17, 15) is 19.7 Å². The van der Waals surface area contributed by atoms with Crippen molar-refractivity contribution in [2.45, 2.75) is 6.54 Å². The highest BCUT2D eigenvalue weighted by molar-refractivity contribution is 7.07. The van der Waals surface area contributed by atoms with Crippen LogP contribution in [0.3, 0.4) is 0 Å². The van der Waals surface area contributed by atoms with Crippen molar-refractivity contribution in [1.29, 1.82) is 0 Å². The summed E-state index contributed by atoms with van der Waals surface area (Å²) in [6.07, 6.45) is 0. The largest absolute Gasteiger partial charge is 0.480 e. The second-order valence-electron chi connectivity index (χ2n) is 3.67. The van der Waals surface area contributed by atoms with Crippen molar-refractivity contribution in [2.24, 2.45) is 0 Å². The summed E-state index contributed by atoms with van der Waals surface area (Å²) in [6.45, 7) is -0.472. The van der Waals surface area contributed by atoms with Gasteiger partial charge in [0.2, 0.25) is 0 Å². The molecule has 1 heterocycles. The lowest BCUT2D eigenvalue weighted by Gasteiger charge is -2.04. The van der Waals surface area contributed by atoms with Crippen LogP contribution in [0.2, 0.25) is 0 Å². The number of carbonyl (C=O) groups is 1. The van der Waals surface area contributed by atoms with Crippen molar-refractivity contribution >= 4 is 23.0 Å². The number of non-ortho nitro benzene ring substituents is 1. The Balaban J connectivity index is 2.53. The van der Waals surface area contributed by atoms with Gasteiger partial charge in [-0.15, -0.1) is 0 Å². The van der Waals surface area contributed by atoms with E-state index in [1.807, 2.05) is 0 Å². The van der Waals surface area contributed by atoms with Crippen molar-refractivity contribution in [2.75, 3.05) is 0 Å². The van der Waals surface area contributed by atoms with E-state index >= 15 is 0 Å². The van der Waals surface area contributed by atoms with E-state index < -0.39 is 22.3 Å². The Morgan fingerprint density at radius 3 is 2.84 bits per heavy atom. The average molecular weight is 280 g/mol. The number of nitro groups is 1. The Bertz CT molecular complexity index is 703. The van der Waals surface area contributed by atoms with Gasteiger partial charge < -0.3 is 5.11 Å². The van der Waals surface area contributed by atoms with E-state index in [0.717, 1.165) is 15.9 Å². The van der Waals surface area contributed by atoms with Crippen LogP contribution in [0, 0.1) is 10.1 Å². The summed E-state index contributed by atoms with van der Waals surface area (Å²) >= 11 is 0.856. The summed E-state index contributed by atoms with van der Waals surface area (Å²) in [6, 6.07) is 5.71. The summed E-state index contributed by atoms with van der Waals surface area (Å²) in [5.41, 5.74) is 0.688. The molecule has 1 N–H and O–H groups in total. The van der Waals surface area contributed by atoms with Gasteiger partial charge in [-0.05, 0) is 0 Å². The fourth-order valence-electron chi connectivity index (χ4n) is 1.62. The first-order chi connectivity index (χ1) is 8.99. The smallest absolute Gasteiger partial charge is 0.323 e. The van der Waals surface area contributed by atoms with Crippen molar-refractivity contribution in [3.8, 4) is 11.3 Å². The molecule has 0 fully saturated rings. The summed E-state index contributed by atoms with van der Waals surface area (Å²) in [5.74, 6) is -1.15. The van der Waals surface area contributed by atoms with Gasteiger partial charge in [0.05, 0.1) is 10.6 Å². The average Bonchev–Trinajstić information content (AvgIpc) is 2.71. The molecule has 0 amide bonds. The van der Waals surface area contributed by atoms with Crippen LogP contribution in [0.1, 0.15) is 0 Å². The van der Waals surface area contributed by atoms with Crippen LogP contribution >= 0.6 is 11.3 Å². The molecule has 0 aliphatic carbocycles. The minimum Gasteiger partial charge on any atom is -0.480 e. The first-order valence-electron chi connectivity index (χ1n) is 5.14. The number of aromatic nitrogens is 1. The molecule has 0 radical (unpaired) electrons. The van der Waals surface area contributed by atoms with E-state index in [1.165, 1.54) is 23.6 Å². The quantitative estimate of drug-likeness (QED) is 0.676. The fraction of sp³-hybridized carbons (Fsp3) is 0.0909. The van der Waals surface area contributed by atoms with Crippen molar-refractivity contribution in [1.82, 2.24) is 4.57 Å². The molecule has 0 unspecified atom stereocenters. The number of carboxylic acids is 1. The molecule has 0 bridgehead atoms. The molecular formula is C11H8N2O5S. The summed E-state index contributed by atoms with van der Waals surface area (Å²) in [4.78, 5) is 32.0. The number of hydrogen-bond donors (Lipinski definition) is 1. The maximum Gasteiger partial charge on any atom is 0.323 e. The third-order valence-corrected chi connectivity index (χ3v) is 3.19. The molecule has 0 aliphatic rings. The van der Waals surface area contributed by atoms with Gasteiger partial charge in [-0.3, -0.25) is 24.3 Å². The molecule has 98 valence electrons. The number of nitro benzene ring substituents is 1. The topological polar surface area (TPSA) is 102 Å². The second kappa shape index (κ2) is 5.02. The molecule has 0 saturated heterocycles. The minimum absolute atomic E-state index is 0.113. The Morgan fingerprint density at radius 1 is 1.47 bits per heavy atom. The summed E-state index contributed by atoms with van der Waals surface area (Å²) in [7, 11) is 0. The lowest BCUT2D eigenvalue weighted by atomic mass is 10.1. The zero-order valence-corrected chi connectivity index (χ0v) is 10.3. The van der Waals surface area contributed by atoms with Crippen LogP contribution in [-0.4, -0.2) is 20.6 Å². The predicted octanol–water partition coefficient (Wildman–Crippen LogP) is 1.57. The van der Waals surface area contributed by atoms with E-state index in [2.05, 4.69) is 0 Å². The Morgan fingerprint density at radius 2 is 2.21 bits per heavy atom. The minimum atomic E-state index is -1.15. The van der Waals surface area contributed by atoms with E-state index in [0.29, 0.717) is 11.3 Å². The standard InChI is InChI=1S/C11H8N2O5S/c14-10(15)5-12-9(6-19-11(12)16)7-2-1-3-8(4-7)13(17)18/h1-4,6H,5H2,(H,14,15). The molecule has 1 aromatic carbocycles. The number of benzene rings is 1. The summed E-state index contributed by atoms with van der Waals surface area (Å²) < 4.78 is 1.08. The van der Waals surface area contributed by atoms with Crippen LogP contribution in [0.4, 0.5) is 5.69 Å². The normalized spacial score (nSPS) is 10.3. The molecule has 2 aromatic rings. The van der Waals surface area contributed by atoms with Gasteiger partial charge in [0.25, 0.3) is 5.69 Å². The van der Waals surface area contributed by atoms with Crippen LogP contribution in [-0.2, 0) is 11.3 Å². The number of carboxylic acid groups (broad SMARTS) is 1. The van der Waals surface area contributed by atoms with Gasteiger partial charge in [-0.1, -0.05) is 23.5 Å². The van der Waals surface area contributed by atoms with Gasteiger partial charge in [0.1, 0.15) is 6.54 Å². The number of aliphatic carboxylic acids is 1. The number of hydrogen-bond acceptors (Lipinski definition) is 5. The van der Waals surface area contributed by atoms with Crippen LogP contribution in [0.15, 0.2) is 34.4 Å². The lowest BCUT2D eigenvalue weighted by Crippen LogP contribution is -2.19. The van der Waals surface area contributed by atoms with Crippen LogP contribution in [0.5, 0.6) is 0 Å². The number of nitrogens with zero attached hydrogens (tertiary/aromatic N) is 2. The van der Waals surface area contributed by atoms with Crippen molar-refractivity contribution < 1.29 is 14.8 Å². The van der Waals surface area contributed by atoms with Crippen LogP contribution < -0.4 is 4.87 Å². The predicted molar refractivity (Wildman–Crippen MR) is 68.3 cm³/mol. The Hall–Kier alpha value is -2.48. The van der Waals surface area contributed by atoms with E-state index in [4.69, 9.17) is 5.11 Å². The molecule has 19 heavy (non-hydrogen) atoms. The van der Waals surface area contributed by atoms with Crippen LogP contribution in [0.25, 0.3) is 11.3 Å². The van der Waals surface area contributed by atoms with Crippen molar-refractivity contribution in [3.63, 3.8) is 0 Å². The van der Waals surface area contributed by atoms with Gasteiger partial charge in [-0.2, -0.15) is 0 Å². The maximum atomic E-state index is 11.6. The molecule has 0 saturated carbocycles. The Kier molecular flexibility index (Phi) is 3.43. The van der Waals surface area contributed by atoms with E-state index in [1.54, 1.807) is 6.07 Å². The van der Waals surface area contributed by atoms with Gasteiger partial charge >= 0.3 is 10.8 Å². The number of rotatable bonds is 4. The zero-order chi connectivity index (χ0) is 14.0. The van der Waals surface area contributed by atoms with Crippen molar-refractivity contribution in [3.05, 3.63) is 49.4 Å². The lowest BCUT2D eigenvalue weighted by molar-refractivity contribution is -0.384. The highest BCUT2D eigenvalue weighted by Gasteiger charge is 2.14. The Labute approximate surface area is 110 Å². The molecule has 2 rings (SSSR count). The zero-order valence-electron chi connectivity index (χ0n) is 9.48. The first-order valence-corrected chi connectivity index (χ1v) is 6.02. The van der Waals surface area contributed by atoms with Gasteiger partial charge in [-0.25, -0.2) is 0 Å². The third-order valence-electron chi connectivity index (χ3n) is 2.43. The molecule has 1 aromatic heterocycles. The highest BCUT2D eigenvalue weighted by Crippen LogP contribution is 2.24. The first kappa shape index (κ1) is 13.0. The molecule has 0 atom stereocenters. The van der Waals surface area contributed by atoms with E-state index in [-0.39, 0.29) is 5.69 Å². The maximum absolute atomic E-state index is 11.6. The second-order valence-corrected chi connectivity index (χ2v) is 4.49. The SMILES string of the molecule is O=C(O)Cn1c(-c2cccc([N+](=O)[O-])c2)csc1=O. The fourth-order valence-corrected chi connectivity index (χ4v) is 2.39.